The predicted molar refractivity (Wildman–Crippen MR) is 57.0 cm³/mol. The molecule has 1 aliphatic heterocycles. The molecule has 0 bridgehead atoms. The lowest BCUT2D eigenvalue weighted by Crippen LogP contribution is -2.89. The zero-order chi connectivity index (χ0) is 13.7. The summed E-state index contributed by atoms with van der Waals surface area (Å²) in [7, 11) is -10.7. The SMILES string of the molecule is C1C[NH2+]CCN1.CC(O)(P(=O)([O-])O)P(=O)(O)O. The number of hydrogen-bond acceptors (Lipinski definition) is 5. The number of quaternary nitrogens is 1. The van der Waals surface area contributed by atoms with Crippen molar-refractivity contribution in [2.24, 2.45) is 0 Å². The molecule has 2 atom stereocenters. The van der Waals surface area contributed by atoms with Gasteiger partial charge in [0.05, 0.1) is 13.1 Å². The predicted octanol–water partition coefficient (Wildman–Crippen LogP) is -3.47. The molecule has 0 saturated carbocycles. The molecular formula is C6H18N2O7P2. The molecule has 0 aromatic heterocycles. The van der Waals surface area contributed by atoms with E-state index in [1.165, 1.54) is 26.2 Å². The second-order valence-electron chi connectivity index (χ2n) is 3.65. The van der Waals surface area contributed by atoms with E-state index >= 15 is 0 Å². The van der Waals surface area contributed by atoms with Crippen molar-refractivity contribution < 1.29 is 39.1 Å². The van der Waals surface area contributed by atoms with Gasteiger partial charge in [0.25, 0.3) is 0 Å². The number of rotatable bonds is 2. The summed E-state index contributed by atoms with van der Waals surface area (Å²) in [4.78, 5) is 34.7. The first-order valence-electron chi connectivity index (χ1n) is 4.84. The number of aliphatic hydroxyl groups is 1. The Morgan fingerprint density at radius 1 is 1.24 bits per heavy atom. The second-order valence-corrected chi connectivity index (χ2v) is 7.87. The molecule has 2 unspecified atom stereocenters. The van der Waals surface area contributed by atoms with Gasteiger partial charge >= 0.3 is 7.60 Å². The molecule has 0 radical (unpaired) electrons. The van der Waals surface area contributed by atoms with Gasteiger partial charge in [-0.05, 0) is 6.92 Å². The highest BCUT2D eigenvalue weighted by molar-refractivity contribution is 7.71. The Balaban J connectivity index is 0.000000354. The highest BCUT2D eigenvalue weighted by Gasteiger charge is 2.48. The zero-order valence-electron chi connectivity index (χ0n) is 9.31. The van der Waals surface area contributed by atoms with E-state index in [1.54, 1.807) is 0 Å². The van der Waals surface area contributed by atoms with Crippen LogP contribution in [0, 0.1) is 0 Å². The first kappa shape index (κ1) is 17.2. The van der Waals surface area contributed by atoms with Gasteiger partial charge in [0.2, 0.25) is 5.08 Å². The van der Waals surface area contributed by atoms with Gasteiger partial charge in [0, 0.05) is 13.1 Å². The third-order valence-electron chi connectivity index (χ3n) is 2.14. The summed E-state index contributed by atoms with van der Waals surface area (Å²) >= 11 is 0. The highest BCUT2D eigenvalue weighted by Crippen LogP contribution is 2.64. The minimum absolute atomic E-state index is 0.321. The lowest BCUT2D eigenvalue weighted by atomic mass is 10.4. The van der Waals surface area contributed by atoms with Gasteiger partial charge in [-0.15, -0.1) is 0 Å². The summed E-state index contributed by atoms with van der Waals surface area (Å²) in [5.74, 6) is 0. The van der Waals surface area contributed by atoms with Gasteiger partial charge in [0.15, 0.2) is 7.60 Å². The molecule has 0 aliphatic carbocycles. The molecule has 1 heterocycles. The average Bonchev–Trinajstić information content (AvgIpc) is 2.18. The third-order valence-corrected chi connectivity index (χ3v) is 5.85. The second kappa shape index (κ2) is 6.38. The number of piperazine rings is 1. The fourth-order valence-electron chi connectivity index (χ4n) is 0.842. The topological polar surface area (TPSA) is 167 Å². The van der Waals surface area contributed by atoms with E-state index in [2.05, 4.69) is 10.6 Å². The van der Waals surface area contributed by atoms with E-state index in [4.69, 9.17) is 19.8 Å². The van der Waals surface area contributed by atoms with Crippen LogP contribution in [0.3, 0.4) is 0 Å². The average molecular weight is 292 g/mol. The van der Waals surface area contributed by atoms with Gasteiger partial charge < -0.3 is 39.9 Å². The van der Waals surface area contributed by atoms with Crippen LogP contribution in [0.25, 0.3) is 0 Å². The van der Waals surface area contributed by atoms with E-state index in [1.807, 2.05) is 0 Å². The number of nitrogens with one attached hydrogen (secondary N) is 1. The van der Waals surface area contributed by atoms with Gasteiger partial charge in [-0.3, -0.25) is 4.57 Å². The van der Waals surface area contributed by atoms with Crippen LogP contribution in [0.15, 0.2) is 0 Å². The minimum Gasteiger partial charge on any atom is -0.776 e. The Kier molecular flexibility index (Phi) is 6.44. The summed E-state index contributed by atoms with van der Waals surface area (Å²) in [6, 6.07) is 0. The molecule has 0 aromatic carbocycles. The Morgan fingerprint density at radius 3 is 1.71 bits per heavy atom. The van der Waals surface area contributed by atoms with E-state index in [0.717, 1.165) is 0 Å². The van der Waals surface area contributed by atoms with Crippen LogP contribution in [-0.4, -0.2) is 51.0 Å². The van der Waals surface area contributed by atoms with Crippen LogP contribution in [0.2, 0.25) is 0 Å². The van der Waals surface area contributed by atoms with Gasteiger partial charge in [-0.1, -0.05) is 0 Å². The first-order chi connectivity index (χ1) is 7.50. The Morgan fingerprint density at radius 2 is 1.65 bits per heavy atom. The lowest BCUT2D eigenvalue weighted by Gasteiger charge is -2.32. The number of hydrogen-bond donors (Lipinski definition) is 6. The van der Waals surface area contributed by atoms with Crippen molar-refractivity contribution in [3.05, 3.63) is 0 Å². The monoisotopic (exact) mass is 292 g/mol. The Bertz CT molecular complexity index is 283. The maximum atomic E-state index is 10.2. The van der Waals surface area contributed by atoms with Crippen LogP contribution in [-0.2, 0) is 9.13 Å². The lowest BCUT2D eigenvalue weighted by molar-refractivity contribution is -0.657. The molecule has 0 spiro atoms. The molecule has 11 heteroatoms. The molecule has 7 N–H and O–H groups in total. The van der Waals surface area contributed by atoms with Crippen molar-refractivity contribution in [1.29, 1.82) is 0 Å². The highest BCUT2D eigenvalue weighted by atomic mass is 31.2. The van der Waals surface area contributed by atoms with E-state index in [0.29, 0.717) is 6.92 Å². The van der Waals surface area contributed by atoms with Crippen LogP contribution in [0.4, 0.5) is 0 Å². The molecule has 1 saturated heterocycles. The normalized spacial score (nSPS) is 23.9. The molecule has 17 heavy (non-hydrogen) atoms. The van der Waals surface area contributed by atoms with Crippen LogP contribution in [0.5, 0.6) is 0 Å². The number of nitrogens with two attached hydrogens (primary N) is 1. The molecule has 1 aliphatic rings. The first-order valence-corrected chi connectivity index (χ1v) is 8.03. The van der Waals surface area contributed by atoms with E-state index < -0.39 is 20.3 Å². The fraction of sp³-hybridized carbons (Fsp3) is 1.00. The van der Waals surface area contributed by atoms with Crippen molar-refractivity contribution in [2.45, 2.75) is 12.0 Å². The smallest absolute Gasteiger partial charge is 0.365 e. The van der Waals surface area contributed by atoms with Crippen LogP contribution in [0.1, 0.15) is 6.92 Å². The molecule has 104 valence electrons. The minimum atomic E-state index is -5.45. The fourth-order valence-corrected chi connectivity index (χ4v) is 2.16. The summed E-state index contributed by atoms with van der Waals surface area (Å²) < 4.78 is 20.4. The van der Waals surface area contributed by atoms with Crippen molar-refractivity contribution in [3.8, 4) is 0 Å². The summed E-state index contributed by atoms with van der Waals surface area (Å²) in [5, 5.41) is 10.8. The maximum absolute atomic E-state index is 10.2. The standard InChI is InChI=1S/C4H10N2.C2H8O7P2/c1-2-6-4-3-5-1;1-2(3,10(4,5)6)11(7,8)9/h5-6H,1-4H2;3H,1H3,(H2,4,5,6)(H2,7,8,9). The Hall–Kier alpha value is 0.180. The summed E-state index contributed by atoms with van der Waals surface area (Å²) in [5.41, 5.74) is 0. The zero-order valence-corrected chi connectivity index (χ0v) is 11.1. The van der Waals surface area contributed by atoms with Gasteiger partial charge in [0.1, 0.15) is 0 Å². The molecule has 0 aromatic rings. The maximum Gasteiger partial charge on any atom is 0.365 e. The molecule has 0 amide bonds. The quantitative estimate of drug-likeness (QED) is 0.285. The van der Waals surface area contributed by atoms with Crippen LogP contribution >= 0.6 is 15.2 Å². The van der Waals surface area contributed by atoms with Gasteiger partial charge in [-0.25, -0.2) is 0 Å². The van der Waals surface area contributed by atoms with Crippen LogP contribution < -0.4 is 15.5 Å². The van der Waals surface area contributed by atoms with Crippen molar-refractivity contribution in [3.63, 3.8) is 0 Å². The third kappa shape index (κ3) is 5.56. The van der Waals surface area contributed by atoms with Gasteiger partial charge in [-0.2, -0.15) is 0 Å². The molecule has 1 fully saturated rings. The van der Waals surface area contributed by atoms with Crippen molar-refractivity contribution in [2.75, 3.05) is 26.2 Å². The molecular weight excluding hydrogens is 274 g/mol. The van der Waals surface area contributed by atoms with E-state index in [-0.39, 0.29) is 0 Å². The van der Waals surface area contributed by atoms with E-state index in [9.17, 15) is 14.0 Å². The summed E-state index contributed by atoms with van der Waals surface area (Å²) in [6.07, 6.45) is 0. The molecule has 9 nitrogen and oxygen atoms in total. The van der Waals surface area contributed by atoms with Crippen molar-refractivity contribution in [1.82, 2.24) is 5.32 Å². The summed E-state index contributed by atoms with van der Waals surface area (Å²) in [6.45, 7) is 5.24. The molecule has 1 rings (SSSR count). The van der Waals surface area contributed by atoms with Crippen molar-refractivity contribution >= 4 is 15.2 Å². The largest absolute Gasteiger partial charge is 0.776 e. The Labute approximate surface area is 98.6 Å².